The molecule has 0 atom stereocenters. The quantitative estimate of drug-likeness (QED) is 0.871. The predicted molar refractivity (Wildman–Crippen MR) is 69.7 cm³/mol. The van der Waals surface area contributed by atoms with E-state index < -0.39 is 5.97 Å². The molecule has 1 aliphatic heterocycles. The Balaban J connectivity index is 2.27. The van der Waals surface area contributed by atoms with Crippen LogP contribution in [0.5, 0.6) is 0 Å². The Kier molecular flexibility index (Phi) is 2.59. The molecule has 3 rings (SSSR count). The molecule has 0 bridgehead atoms. The number of carboxylic acid groups (broad SMARTS) is 1. The molecule has 0 saturated heterocycles. The Morgan fingerprint density at radius 1 is 1.39 bits per heavy atom. The third-order valence-corrected chi connectivity index (χ3v) is 3.53. The van der Waals surface area contributed by atoms with Gasteiger partial charge in [0.2, 0.25) is 0 Å². The molecule has 1 aromatic heterocycles. The zero-order chi connectivity index (χ0) is 12.7. The highest BCUT2D eigenvalue weighted by molar-refractivity contribution is 6.04. The maximum atomic E-state index is 11.3. The van der Waals surface area contributed by atoms with Crippen molar-refractivity contribution in [2.45, 2.75) is 33.0 Å². The van der Waals surface area contributed by atoms with Crippen molar-refractivity contribution in [3.63, 3.8) is 0 Å². The molecule has 1 aromatic carbocycles. The van der Waals surface area contributed by atoms with Crippen LogP contribution >= 0.6 is 0 Å². The van der Waals surface area contributed by atoms with Gasteiger partial charge in [-0.05, 0) is 29.7 Å². The van der Waals surface area contributed by atoms with Crippen molar-refractivity contribution in [3.8, 4) is 0 Å². The van der Waals surface area contributed by atoms with E-state index in [9.17, 15) is 9.90 Å². The van der Waals surface area contributed by atoms with Crippen LogP contribution < -0.4 is 5.32 Å². The maximum Gasteiger partial charge on any atom is 0.337 e. The largest absolute Gasteiger partial charge is 0.478 e. The maximum absolute atomic E-state index is 11.3. The highest BCUT2D eigenvalue weighted by atomic mass is 16.4. The fourth-order valence-electron chi connectivity index (χ4n) is 2.68. The van der Waals surface area contributed by atoms with Gasteiger partial charge in [0.05, 0.1) is 5.56 Å². The first kappa shape index (κ1) is 11.3. The second-order valence-corrected chi connectivity index (χ2v) is 4.78. The van der Waals surface area contributed by atoms with Crippen LogP contribution in [-0.4, -0.2) is 15.6 Å². The SMILES string of the molecule is CCCn1cc(C(=O)O)c2cc3c(cc21)CNC3. The minimum absolute atomic E-state index is 0.410. The first-order valence-corrected chi connectivity index (χ1v) is 6.29. The van der Waals surface area contributed by atoms with Crippen LogP contribution in [0.4, 0.5) is 0 Å². The molecular weight excluding hydrogens is 228 g/mol. The minimum atomic E-state index is -0.847. The summed E-state index contributed by atoms with van der Waals surface area (Å²) in [5.41, 5.74) is 3.96. The molecule has 4 nitrogen and oxygen atoms in total. The van der Waals surface area contributed by atoms with E-state index in [0.29, 0.717) is 5.56 Å². The summed E-state index contributed by atoms with van der Waals surface area (Å²) in [6.45, 7) is 4.67. The van der Waals surface area contributed by atoms with Gasteiger partial charge in [-0.2, -0.15) is 0 Å². The lowest BCUT2D eigenvalue weighted by atomic mass is 10.1. The summed E-state index contributed by atoms with van der Waals surface area (Å²) in [4.78, 5) is 11.3. The second kappa shape index (κ2) is 4.14. The Morgan fingerprint density at radius 3 is 2.78 bits per heavy atom. The molecule has 4 heteroatoms. The molecule has 94 valence electrons. The number of aryl methyl sites for hydroxylation is 1. The summed E-state index contributed by atoms with van der Waals surface area (Å²) in [6.07, 6.45) is 2.76. The Morgan fingerprint density at radius 2 is 2.11 bits per heavy atom. The summed E-state index contributed by atoms with van der Waals surface area (Å²) >= 11 is 0. The average Bonchev–Trinajstić information content (AvgIpc) is 2.91. The van der Waals surface area contributed by atoms with Crippen molar-refractivity contribution < 1.29 is 9.90 Å². The van der Waals surface area contributed by atoms with Crippen molar-refractivity contribution in [2.24, 2.45) is 0 Å². The van der Waals surface area contributed by atoms with Crippen LogP contribution in [-0.2, 0) is 19.6 Å². The first-order valence-electron chi connectivity index (χ1n) is 6.29. The predicted octanol–water partition coefficient (Wildman–Crippen LogP) is 2.35. The van der Waals surface area contributed by atoms with Gasteiger partial charge in [-0.3, -0.25) is 0 Å². The molecule has 18 heavy (non-hydrogen) atoms. The van der Waals surface area contributed by atoms with Gasteiger partial charge in [-0.15, -0.1) is 0 Å². The number of fused-ring (bicyclic) bond motifs is 2. The van der Waals surface area contributed by atoms with E-state index in [0.717, 1.165) is 37.0 Å². The van der Waals surface area contributed by atoms with Crippen LogP contribution in [0.2, 0.25) is 0 Å². The topological polar surface area (TPSA) is 54.3 Å². The van der Waals surface area contributed by atoms with Gasteiger partial charge < -0.3 is 15.0 Å². The van der Waals surface area contributed by atoms with Crippen LogP contribution in [0.15, 0.2) is 18.3 Å². The van der Waals surface area contributed by atoms with Gasteiger partial charge in [0.25, 0.3) is 0 Å². The lowest BCUT2D eigenvalue weighted by Crippen LogP contribution is -2.00. The van der Waals surface area contributed by atoms with Gasteiger partial charge in [0.15, 0.2) is 0 Å². The number of aromatic carboxylic acids is 1. The highest BCUT2D eigenvalue weighted by Gasteiger charge is 2.18. The monoisotopic (exact) mass is 244 g/mol. The third kappa shape index (κ3) is 1.61. The summed E-state index contributed by atoms with van der Waals surface area (Å²) in [5, 5.41) is 13.4. The standard InChI is InChI=1S/C14H16N2O2/c1-2-3-16-8-12(14(17)18)11-4-9-6-15-7-10(9)5-13(11)16/h4-5,8,15H,2-3,6-7H2,1H3,(H,17,18). The number of nitrogens with one attached hydrogen (secondary N) is 1. The number of hydrogen-bond donors (Lipinski definition) is 2. The zero-order valence-electron chi connectivity index (χ0n) is 10.4. The summed E-state index contributed by atoms with van der Waals surface area (Å²) < 4.78 is 2.05. The number of hydrogen-bond acceptors (Lipinski definition) is 2. The number of benzene rings is 1. The zero-order valence-corrected chi connectivity index (χ0v) is 10.4. The van der Waals surface area contributed by atoms with Crippen LogP contribution in [0.25, 0.3) is 10.9 Å². The number of carboxylic acids is 1. The molecule has 0 unspecified atom stereocenters. The fraction of sp³-hybridized carbons (Fsp3) is 0.357. The van der Waals surface area contributed by atoms with E-state index in [1.807, 2.05) is 6.07 Å². The van der Waals surface area contributed by atoms with Crippen LogP contribution in [0.1, 0.15) is 34.8 Å². The van der Waals surface area contributed by atoms with Gasteiger partial charge in [-0.25, -0.2) is 4.79 Å². The molecule has 1 aliphatic rings. The molecular formula is C14H16N2O2. The number of aromatic nitrogens is 1. The van der Waals surface area contributed by atoms with Gasteiger partial charge in [0, 0.05) is 36.7 Å². The van der Waals surface area contributed by atoms with Crippen LogP contribution in [0, 0.1) is 0 Å². The number of carbonyl (C=O) groups is 1. The van der Waals surface area contributed by atoms with E-state index in [2.05, 4.69) is 22.9 Å². The summed E-state index contributed by atoms with van der Waals surface area (Å²) in [6, 6.07) is 4.16. The average molecular weight is 244 g/mol. The molecule has 0 aliphatic carbocycles. The molecule has 0 radical (unpaired) electrons. The van der Waals surface area contributed by atoms with E-state index in [-0.39, 0.29) is 0 Å². The normalized spacial score (nSPS) is 14.1. The number of rotatable bonds is 3. The van der Waals surface area contributed by atoms with Gasteiger partial charge >= 0.3 is 5.97 Å². The Labute approximate surface area is 105 Å². The first-order chi connectivity index (χ1) is 8.70. The minimum Gasteiger partial charge on any atom is -0.478 e. The molecule has 0 amide bonds. The van der Waals surface area contributed by atoms with E-state index in [1.54, 1.807) is 6.20 Å². The molecule has 0 saturated carbocycles. The van der Waals surface area contributed by atoms with E-state index >= 15 is 0 Å². The smallest absolute Gasteiger partial charge is 0.337 e. The lowest BCUT2D eigenvalue weighted by Gasteiger charge is -2.04. The Bertz CT molecular complexity index is 628. The molecule has 0 fully saturated rings. The number of nitrogens with zero attached hydrogens (tertiary/aromatic N) is 1. The lowest BCUT2D eigenvalue weighted by molar-refractivity contribution is 0.0699. The Hall–Kier alpha value is -1.81. The molecule has 2 N–H and O–H groups in total. The van der Waals surface area contributed by atoms with E-state index in [1.165, 1.54) is 11.1 Å². The summed E-state index contributed by atoms with van der Waals surface area (Å²) in [7, 11) is 0. The molecule has 2 aromatic rings. The third-order valence-electron chi connectivity index (χ3n) is 3.53. The molecule has 2 heterocycles. The molecule has 0 spiro atoms. The van der Waals surface area contributed by atoms with Crippen molar-refractivity contribution in [1.82, 2.24) is 9.88 Å². The fourth-order valence-corrected chi connectivity index (χ4v) is 2.68. The van der Waals surface area contributed by atoms with Crippen molar-refractivity contribution in [2.75, 3.05) is 0 Å². The van der Waals surface area contributed by atoms with Crippen molar-refractivity contribution in [1.29, 1.82) is 0 Å². The van der Waals surface area contributed by atoms with E-state index in [4.69, 9.17) is 0 Å². The highest BCUT2D eigenvalue weighted by Crippen LogP contribution is 2.28. The van der Waals surface area contributed by atoms with Crippen LogP contribution in [0.3, 0.4) is 0 Å². The van der Waals surface area contributed by atoms with Gasteiger partial charge in [0.1, 0.15) is 0 Å². The van der Waals surface area contributed by atoms with Crippen molar-refractivity contribution >= 4 is 16.9 Å². The van der Waals surface area contributed by atoms with Crippen molar-refractivity contribution in [3.05, 3.63) is 35.0 Å². The second-order valence-electron chi connectivity index (χ2n) is 4.78. The van der Waals surface area contributed by atoms with Gasteiger partial charge in [-0.1, -0.05) is 6.92 Å². The summed E-state index contributed by atoms with van der Waals surface area (Å²) in [5.74, 6) is -0.847.